The first-order valence-electron chi connectivity index (χ1n) is 6.66. The number of halogens is 2. The highest BCUT2D eigenvalue weighted by atomic mass is 35.5. The Labute approximate surface area is 123 Å². The molecule has 0 aliphatic carbocycles. The lowest BCUT2D eigenvalue weighted by Crippen LogP contribution is -2.30. The Bertz CT molecular complexity index is 642. The second kappa shape index (κ2) is 5.43. The molecule has 3 rings (SSSR count). The van der Waals surface area contributed by atoms with E-state index >= 15 is 0 Å². The fourth-order valence-electron chi connectivity index (χ4n) is 2.74. The summed E-state index contributed by atoms with van der Waals surface area (Å²) in [6.45, 7) is 2.25. The quantitative estimate of drug-likeness (QED) is 0.856. The Morgan fingerprint density at radius 3 is 2.95 bits per heavy atom. The van der Waals surface area contributed by atoms with Crippen molar-refractivity contribution >= 4 is 17.3 Å². The van der Waals surface area contributed by atoms with Gasteiger partial charge in [-0.15, -0.1) is 0 Å². The van der Waals surface area contributed by atoms with Crippen LogP contribution >= 0.6 is 11.6 Å². The van der Waals surface area contributed by atoms with Gasteiger partial charge in [0.2, 0.25) is 0 Å². The summed E-state index contributed by atoms with van der Waals surface area (Å²) in [5.41, 5.74) is 9.95. The third-order valence-electron chi connectivity index (χ3n) is 3.78. The first-order chi connectivity index (χ1) is 9.63. The second-order valence-electron chi connectivity index (χ2n) is 5.18. The van der Waals surface area contributed by atoms with Gasteiger partial charge in [0.1, 0.15) is 5.82 Å². The summed E-state index contributed by atoms with van der Waals surface area (Å²) in [7, 11) is 0. The number of fused-ring (bicyclic) bond motifs is 1. The van der Waals surface area contributed by atoms with Gasteiger partial charge < -0.3 is 5.73 Å². The Morgan fingerprint density at radius 1 is 1.25 bits per heavy atom. The van der Waals surface area contributed by atoms with Gasteiger partial charge in [-0.2, -0.15) is 0 Å². The van der Waals surface area contributed by atoms with Crippen molar-refractivity contribution < 1.29 is 4.39 Å². The average Bonchev–Trinajstić information content (AvgIpc) is 2.43. The van der Waals surface area contributed by atoms with Crippen molar-refractivity contribution in [1.29, 1.82) is 0 Å². The second-order valence-corrected chi connectivity index (χ2v) is 5.62. The molecule has 2 aromatic rings. The fourth-order valence-corrected chi connectivity index (χ4v) is 2.93. The maximum absolute atomic E-state index is 13.8. The zero-order valence-electron chi connectivity index (χ0n) is 11.1. The summed E-state index contributed by atoms with van der Waals surface area (Å²) >= 11 is 5.93. The van der Waals surface area contributed by atoms with Crippen molar-refractivity contribution in [3.05, 3.63) is 63.9 Å². The molecule has 0 unspecified atom stereocenters. The molecule has 0 aromatic heterocycles. The standard InChI is InChI=1S/C16H16ClFN2/c17-13-4-5-15(18)12(8-13)10-20-7-6-14-11(9-20)2-1-3-16(14)19/h1-5,8H,6-7,9-10,19H2. The lowest BCUT2D eigenvalue weighted by atomic mass is 9.97. The number of nitrogen functional groups attached to an aromatic ring is 1. The highest BCUT2D eigenvalue weighted by molar-refractivity contribution is 6.30. The highest BCUT2D eigenvalue weighted by Gasteiger charge is 2.18. The molecule has 104 valence electrons. The van der Waals surface area contributed by atoms with E-state index in [0.29, 0.717) is 17.1 Å². The van der Waals surface area contributed by atoms with Gasteiger partial charge in [0.15, 0.2) is 0 Å². The zero-order valence-corrected chi connectivity index (χ0v) is 11.8. The molecular weight excluding hydrogens is 275 g/mol. The summed E-state index contributed by atoms with van der Waals surface area (Å²) in [5, 5.41) is 0.572. The molecule has 0 atom stereocenters. The first-order valence-corrected chi connectivity index (χ1v) is 7.04. The predicted molar refractivity (Wildman–Crippen MR) is 80.1 cm³/mol. The van der Waals surface area contributed by atoms with E-state index in [0.717, 1.165) is 25.2 Å². The van der Waals surface area contributed by atoms with Crippen LogP contribution in [0, 0.1) is 5.82 Å². The van der Waals surface area contributed by atoms with Crippen LogP contribution in [0.3, 0.4) is 0 Å². The fraction of sp³-hybridized carbons (Fsp3) is 0.250. The van der Waals surface area contributed by atoms with Crippen molar-refractivity contribution in [3.63, 3.8) is 0 Å². The van der Waals surface area contributed by atoms with Gasteiger partial charge in [-0.25, -0.2) is 4.39 Å². The lowest BCUT2D eigenvalue weighted by molar-refractivity contribution is 0.242. The van der Waals surface area contributed by atoms with Crippen LogP contribution in [0.15, 0.2) is 36.4 Å². The summed E-state index contributed by atoms with van der Waals surface area (Å²) in [6.07, 6.45) is 0.907. The summed E-state index contributed by atoms with van der Waals surface area (Å²) in [4.78, 5) is 2.22. The molecule has 2 aromatic carbocycles. The third kappa shape index (κ3) is 2.65. The van der Waals surface area contributed by atoms with E-state index in [-0.39, 0.29) is 5.82 Å². The predicted octanol–water partition coefficient (Wildman–Crippen LogP) is 3.62. The third-order valence-corrected chi connectivity index (χ3v) is 4.02. The maximum atomic E-state index is 13.8. The topological polar surface area (TPSA) is 29.3 Å². The summed E-state index contributed by atoms with van der Waals surface area (Å²) in [5.74, 6) is -0.201. The summed E-state index contributed by atoms with van der Waals surface area (Å²) in [6, 6.07) is 10.7. The Balaban J connectivity index is 1.79. The van der Waals surface area contributed by atoms with Gasteiger partial charge in [-0.3, -0.25) is 4.90 Å². The minimum atomic E-state index is -0.201. The average molecular weight is 291 g/mol. The highest BCUT2D eigenvalue weighted by Crippen LogP contribution is 2.26. The van der Waals surface area contributed by atoms with Crippen LogP contribution in [0.4, 0.5) is 10.1 Å². The van der Waals surface area contributed by atoms with Gasteiger partial charge in [-0.1, -0.05) is 23.7 Å². The zero-order chi connectivity index (χ0) is 14.1. The molecule has 1 aliphatic heterocycles. The van der Waals surface area contributed by atoms with Crippen LogP contribution < -0.4 is 5.73 Å². The van der Waals surface area contributed by atoms with Crippen LogP contribution in [-0.2, 0) is 19.5 Å². The van der Waals surface area contributed by atoms with Crippen LogP contribution in [0.25, 0.3) is 0 Å². The van der Waals surface area contributed by atoms with Crippen molar-refractivity contribution in [1.82, 2.24) is 4.90 Å². The number of benzene rings is 2. The molecule has 20 heavy (non-hydrogen) atoms. The Hall–Kier alpha value is -1.58. The molecule has 2 nitrogen and oxygen atoms in total. The Morgan fingerprint density at radius 2 is 2.10 bits per heavy atom. The van der Waals surface area contributed by atoms with E-state index in [1.807, 2.05) is 12.1 Å². The molecule has 0 bridgehead atoms. The molecule has 0 amide bonds. The van der Waals surface area contributed by atoms with Crippen LogP contribution in [0.1, 0.15) is 16.7 Å². The molecule has 0 fully saturated rings. The molecule has 1 heterocycles. The molecule has 4 heteroatoms. The molecule has 2 N–H and O–H groups in total. The molecule has 0 spiro atoms. The molecule has 1 aliphatic rings. The van der Waals surface area contributed by atoms with Crippen molar-refractivity contribution in [2.24, 2.45) is 0 Å². The minimum absolute atomic E-state index is 0.201. The van der Waals surface area contributed by atoms with E-state index in [1.165, 1.54) is 17.2 Å². The van der Waals surface area contributed by atoms with Crippen molar-refractivity contribution in [2.75, 3.05) is 12.3 Å². The smallest absolute Gasteiger partial charge is 0.127 e. The van der Waals surface area contributed by atoms with Crippen LogP contribution in [0.2, 0.25) is 5.02 Å². The number of anilines is 1. The van der Waals surface area contributed by atoms with Gasteiger partial charge in [0, 0.05) is 35.9 Å². The molecular formula is C16H16ClFN2. The van der Waals surface area contributed by atoms with Gasteiger partial charge in [0.25, 0.3) is 0 Å². The monoisotopic (exact) mass is 290 g/mol. The normalized spacial score (nSPS) is 15.1. The number of nitrogens with two attached hydrogens (primary N) is 1. The number of hydrogen-bond acceptors (Lipinski definition) is 2. The van der Waals surface area contributed by atoms with Gasteiger partial charge >= 0.3 is 0 Å². The van der Waals surface area contributed by atoms with Crippen LogP contribution in [-0.4, -0.2) is 11.4 Å². The number of nitrogens with zero attached hydrogens (tertiary/aromatic N) is 1. The van der Waals surface area contributed by atoms with Gasteiger partial charge in [0.05, 0.1) is 0 Å². The first kappa shape index (κ1) is 13.4. The van der Waals surface area contributed by atoms with E-state index in [9.17, 15) is 4.39 Å². The minimum Gasteiger partial charge on any atom is -0.398 e. The Kier molecular flexibility index (Phi) is 3.64. The molecule has 0 radical (unpaired) electrons. The molecule has 0 saturated heterocycles. The lowest BCUT2D eigenvalue weighted by Gasteiger charge is -2.29. The number of hydrogen-bond donors (Lipinski definition) is 1. The van der Waals surface area contributed by atoms with E-state index in [1.54, 1.807) is 12.1 Å². The van der Waals surface area contributed by atoms with E-state index in [4.69, 9.17) is 17.3 Å². The van der Waals surface area contributed by atoms with Gasteiger partial charge in [-0.05, 0) is 41.8 Å². The van der Waals surface area contributed by atoms with E-state index < -0.39 is 0 Å². The van der Waals surface area contributed by atoms with Crippen LogP contribution in [0.5, 0.6) is 0 Å². The largest absolute Gasteiger partial charge is 0.398 e. The summed E-state index contributed by atoms with van der Waals surface area (Å²) < 4.78 is 13.8. The van der Waals surface area contributed by atoms with E-state index in [2.05, 4.69) is 11.0 Å². The number of rotatable bonds is 2. The maximum Gasteiger partial charge on any atom is 0.127 e. The SMILES string of the molecule is Nc1cccc2c1CCN(Cc1cc(Cl)ccc1F)C2. The molecule has 0 saturated carbocycles. The van der Waals surface area contributed by atoms with Crippen molar-refractivity contribution in [3.8, 4) is 0 Å². The van der Waals surface area contributed by atoms with Crippen molar-refractivity contribution in [2.45, 2.75) is 19.5 Å².